The third kappa shape index (κ3) is 12.6. The Morgan fingerprint density at radius 3 is 2.14 bits per heavy atom. The second kappa shape index (κ2) is 17.9. The minimum Gasteiger partial charge on any atom is -0.375 e. The monoisotopic (exact) mass is 621 g/mol. The summed E-state index contributed by atoms with van der Waals surface area (Å²) in [5.74, 6) is -3.91. The summed E-state index contributed by atoms with van der Waals surface area (Å²) >= 11 is 0. The number of hydroxylamine groups is 2. The van der Waals surface area contributed by atoms with E-state index in [2.05, 4.69) is 16.0 Å². The average molecular weight is 622 g/mol. The van der Waals surface area contributed by atoms with Crippen LogP contribution in [-0.2, 0) is 47.9 Å². The Hall–Kier alpha value is -4.14. The molecule has 0 saturated carbocycles. The van der Waals surface area contributed by atoms with E-state index in [9.17, 15) is 38.4 Å². The van der Waals surface area contributed by atoms with Crippen LogP contribution in [0.1, 0.15) is 85.0 Å². The fourth-order valence-corrected chi connectivity index (χ4v) is 4.55. The number of carbonyl (C=O) groups excluding carboxylic acids is 8. The first kappa shape index (κ1) is 36.1. The van der Waals surface area contributed by atoms with Crippen LogP contribution in [-0.4, -0.2) is 95.2 Å². The van der Waals surface area contributed by atoms with Crippen LogP contribution in [0.2, 0.25) is 0 Å². The Kier molecular flexibility index (Phi) is 14.6. The van der Waals surface area contributed by atoms with Crippen molar-refractivity contribution in [2.24, 2.45) is 0 Å². The van der Waals surface area contributed by atoms with Crippen LogP contribution in [0.15, 0.2) is 12.2 Å². The maximum absolute atomic E-state index is 12.9. The predicted molar refractivity (Wildman–Crippen MR) is 154 cm³/mol. The lowest BCUT2D eigenvalue weighted by atomic mass is 10.0. The molecule has 0 bridgehead atoms. The van der Waals surface area contributed by atoms with Crippen LogP contribution in [0, 0.1) is 0 Å². The Bertz CT molecular complexity index is 1100. The van der Waals surface area contributed by atoms with E-state index in [4.69, 9.17) is 9.57 Å². The number of imide groups is 2. The molecule has 0 aliphatic carbocycles. The lowest BCUT2D eigenvalue weighted by Crippen LogP contribution is -2.47. The first-order valence-corrected chi connectivity index (χ1v) is 14.9. The van der Waals surface area contributed by atoms with Gasteiger partial charge >= 0.3 is 5.97 Å². The number of carbonyl (C=O) groups is 8. The van der Waals surface area contributed by atoms with Gasteiger partial charge in [0.15, 0.2) is 0 Å². The van der Waals surface area contributed by atoms with Gasteiger partial charge in [0, 0.05) is 64.1 Å². The van der Waals surface area contributed by atoms with E-state index in [1.807, 2.05) is 20.8 Å². The third-order valence-electron chi connectivity index (χ3n) is 6.76. The Labute approximate surface area is 256 Å². The molecule has 244 valence electrons. The molecule has 2 rings (SSSR count). The SMILES string of the molecule is CCOC(C)(C)CC(=O)NCCCC[C@H](NC(=O)CCCN1C(=O)C=CC1=O)C(=O)NCCCC(=O)ON1C(=O)CCC1=O. The van der Waals surface area contributed by atoms with Crippen LogP contribution in [0.4, 0.5) is 0 Å². The molecule has 1 saturated heterocycles. The maximum Gasteiger partial charge on any atom is 0.333 e. The molecule has 0 spiro atoms. The van der Waals surface area contributed by atoms with Crippen molar-refractivity contribution in [3.05, 3.63) is 12.2 Å². The second-order valence-corrected chi connectivity index (χ2v) is 11.0. The predicted octanol–water partition coefficient (Wildman–Crippen LogP) is 0.172. The summed E-state index contributed by atoms with van der Waals surface area (Å²) in [6.07, 6.45) is 4.02. The number of ether oxygens (including phenoxy) is 1. The molecule has 0 aromatic rings. The number of amides is 7. The van der Waals surface area contributed by atoms with E-state index in [0.717, 1.165) is 17.1 Å². The Morgan fingerprint density at radius 1 is 0.864 bits per heavy atom. The van der Waals surface area contributed by atoms with Gasteiger partial charge in [-0.2, -0.15) is 0 Å². The maximum atomic E-state index is 12.9. The normalized spacial score (nSPS) is 15.5. The number of hydrogen-bond donors (Lipinski definition) is 3. The minimum absolute atomic E-state index is 0.0144. The lowest BCUT2D eigenvalue weighted by molar-refractivity contribution is -0.197. The van der Waals surface area contributed by atoms with E-state index >= 15 is 0 Å². The lowest BCUT2D eigenvalue weighted by Gasteiger charge is -2.23. The summed E-state index contributed by atoms with van der Waals surface area (Å²) in [5.41, 5.74) is -0.585. The standard InChI is InChI=1S/C29H43N5O10/c1-4-43-29(2,3)19-22(36)30-16-6-5-9-20(32-21(35)10-8-18-33-23(37)12-13-24(33)38)28(42)31-17-7-11-27(41)44-34-25(39)14-15-26(34)40/h12-13,20H,4-11,14-19H2,1-3H3,(H,30,36)(H,31,42)(H,32,35)/t20-/m0/s1. The fourth-order valence-electron chi connectivity index (χ4n) is 4.55. The van der Waals surface area contributed by atoms with Crippen molar-refractivity contribution >= 4 is 47.3 Å². The highest BCUT2D eigenvalue weighted by atomic mass is 16.7. The molecule has 2 aliphatic heterocycles. The molecule has 2 heterocycles. The molecule has 2 aliphatic rings. The zero-order chi connectivity index (χ0) is 32.7. The molecule has 0 aromatic carbocycles. The molecule has 0 unspecified atom stereocenters. The highest BCUT2D eigenvalue weighted by Crippen LogP contribution is 2.14. The van der Waals surface area contributed by atoms with Crippen molar-refractivity contribution in [3.63, 3.8) is 0 Å². The topological polar surface area (TPSA) is 198 Å². The van der Waals surface area contributed by atoms with Gasteiger partial charge in [-0.3, -0.25) is 38.5 Å². The highest BCUT2D eigenvalue weighted by molar-refractivity contribution is 6.12. The van der Waals surface area contributed by atoms with Crippen LogP contribution >= 0.6 is 0 Å². The number of nitrogens with zero attached hydrogens (tertiary/aromatic N) is 2. The van der Waals surface area contributed by atoms with Crippen molar-refractivity contribution in [2.45, 2.75) is 96.6 Å². The zero-order valence-electron chi connectivity index (χ0n) is 25.6. The molecular weight excluding hydrogens is 578 g/mol. The largest absolute Gasteiger partial charge is 0.375 e. The molecule has 3 N–H and O–H groups in total. The van der Waals surface area contributed by atoms with Crippen molar-refractivity contribution in [3.8, 4) is 0 Å². The minimum atomic E-state index is -0.904. The molecule has 15 nitrogen and oxygen atoms in total. The van der Waals surface area contributed by atoms with Crippen LogP contribution in [0.3, 0.4) is 0 Å². The molecule has 1 fully saturated rings. The van der Waals surface area contributed by atoms with Gasteiger partial charge in [0.2, 0.25) is 17.7 Å². The first-order chi connectivity index (χ1) is 20.8. The van der Waals surface area contributed by atoms with Crippen molar-refractivity contribution in [1.82, 2.24) is 25.9 Å². The van der Waals surface area contributed by atoms with Crippen LogP contribution in [0.25, 0.3) is 0 Å². The first-order valence-electron chi connectivity index (χ1n) is 14.9. The molecule has 0 aromatic heterocycles. The number of nitrogens with one attached hydrogen (secondary N) is 3. The number of unbranched alkanes of at least 4 members (excludes halogenated alkanes) is 1. The quantitative estimate of drug-likeness (QED) is 0.124. The summed E-state index contributed by atoms with van der Waals surface area (Å²) in [5, 5.41) is 8.63. The number of rotatable bonds is 20. The van der Waals surface area contributed by atoms with E-state index in [-0.39, 0.29) is 70.4 Å². The van der Waals surface area contributed by atoms with Gasteiger partial charge in [0.05, 0.1) is 12.0 Å². The van der Waals surface area contributed by atoms with Gasteiger partial charge in [-0.1, -0.05) is 0 Å². The molecule has 7 amide bonds. The summed E-state index contributed by atoms with van der Waals surface area (Å²) in [7, 11) is 0. The summed E-state index contributed by atoms with van der Waals surface area (Å²) in [4.78, 5) is 102. The van der Waals surface area contributed by atoms with Gasteiger partial charge in [-0.15, -0.1) is 5.06 Å². The van der Waals surface area contributed by atoms with Gasteiger partial charge < -0.3 is 25.5 Å². The van der Waals surface area contributed by atoms with E-state index in [1.165, 1.54) is 0 Å². The molecule has 15 heteroatoms. The van der Waals surface area contributed by atoms with Gasteiger partial charge in [-0.25, -0.2) is 4.79 Å². The van der Waals surface area contributed by atoms with E-state index in [1.54, 1.807) is 0 Å². The van der Waals surface area contributed by atoms with Gasteiger partial charge in [0.1, 0.15) is 6.04 Å². The van der Waals surface area contributed by atoms with E-state index in [0.29, 0.717) is 31.1 Å². The highest BCUT2D eigenvalue weighted by Gasteiger charge is 2.32. The molecular formula is C29H43N5O10. The summed E-state index contributed by atoms with van der Waals surface area (Å²) < 4.78 is 5.54. The van der Waals surface area contributed by atoms with Crippen LogP contribution in [0.5, 0.6) is 0 Å². The smallest absolute Gasteiger partial charge is 0.333 e. The molecule has 1 atom stereocenters. The van der Waals surface area contributed by atoms with Gasteiger partial charge in [0.25, 0.3) is 23.6 Å². The van der Waals surface area contributed by atoms with Crippen molar-refractivity contribution in [1.29, 1.82) is 0 Å². The molecule has 44 heavy (non-hydrogen) atoms. The van der Waals surface area contributed by atoms with Gasteiger partial charge in [-0.05, 0) is 52.9 Å². The van der Waals surface area contributed by atoms with Crippen molar-refractivity contribution in [2.75, 3.05) is 26.2 Å². The van der Waals surface area contributed by atoms with Crippen LogP contribution < -0.4 is 16.0 Å². The summed E-state index contributed by atoms with van der Waals surface area (Å²) in [6, 6.07) is -0.904. The second-order valence-electron chi connectivity index (χ2n) is 11.0. The van der Waals surface area contributed by atoms with E-state index < -0.39 is 53.1 Å². The average Bonchev–Trinajstić information content (AvgIpc) is 3.44. The molecule has 0 radical (unpaired) electrons. The third-order valence-corrected chi connectivity index (χ3v) is 6.76. The fraction of sp³-hybridized carbons (Fsp3) is 0.655. The number of hydrogen-bond acceptors (Lipinski definition) is 10. The Morgan fingerprint density at radius 2 is 1.50 bits per heavy atom. The Balaban J connectivity index is 1.80. The zero-order valence-corrected chi connectivity index (χ0v) is 25.6. The van der Waals surface area contributed by atoms with Crippen molar-refractivity contribution < 1.29 is 47.9 Å². The summed E-state index contributed by atoms with van der Waals surface area (Å²) in [6.45, 7) is 6.52.